The maximum atomic E-state index is 13.0. The molecule has 0 spiro atoms. The average Bonchev–Trinajstić information content (AvgIpc) is 3.12. The summed E-state index contributed by atoms with van der Waals surface area (Å²) in [5.74, 6) is 0.629. The van der Waals surface area contributed by atoms with Crippen molar-refractivity contribution in [2.75, 3.05) is 19.4 Å². The first-order valence-electron chi connectivity index (χ1n) is 15.4. The van der Waals surface area contributed by atoms with Gasteiger partial charge in [-0.25, -0.2) is 9.97 Å². The van der Waals surface area contributed by atoms with Gasteiger partial charge in [0.25, 0.3) is 0 Å². The molecule has 6 rings (SSSR count). The largest absolute Gasteiger partial charge is 0.330 e. The van der Waals surface area contributed by atoms with Crippen molar-refractivity contribution in [1.29, 1.82) is 0 Å². The molecule has 0 radical (unpaired) electrons. The second-order valence-electron chi connectivity index (χ2n) is 10.7. The van der Waals surface area contributed by atoms with E-state index in [1.807, 2.05) is 68.4 Å². The van der Waals surface area contributed by atoms with Gasteiger partial charge in [0.05, 0.1) is 30.8 Å². The van der Waals surface area contributed by atoms with Crippen molar-refractivity contribution >= 4 is 7.60 Å². The lowest BCUT2D eigenvalue weighted by Crippen LogP contribution is -2.03. The van der Waals surface area contributed by atoms with Crippen LogP contribution in [0.2, 0.25) is 0 Å². The van der Waals surface area contributed by atoms with Crippen LogP contribution in [0.1, 0.15) is 19.4 Å². The molecule has 7 nitrogen and oxygen atoms in total. The van der Waals surface area contributed by atoms with Gasteiger partial charge in [-0.2, -0.15) is 0 Å². The van der Waals surface area contributed by atoms with Crippen LogP contribution >= 0.6 is 7.60 Å². The van der Waals surface area contributed by atoms with Crippen LogP contribution in [0, 0.1) is 0 Å². The molecule has 0 aliphatic heterocycles. The van der Waals surface area contributed by atoms with Gasteiger partial charge in [0.1, 0.15) is 0 Å². The Bertz CT molecular complexity index is 1810. The molecule has 0 fully saturated rings. The first-order valence-corrected chi connectivity index (χ1v) is 17.1. The number of hydrogen-bond acceptors (Lipinski definition) is 7. The molecule has 46 heavy (non-hydrogen) atoms. The fraction of sp³-hybridized carbons (Fsp3) is 0.158. The van der Waals surface area contributed by atoms with E-state index < -0.39 is 7.60 Å². The number of nitrogens with zero attached hydrogens (tertiary/aromatic N) is 4. The Morgan fingerprint density at radius 1 is 0.522 bits per heavy atom. The van der Waals surface area contributed by atoms with Gasteiger partial charge >= 0.3 is 7.60 Å². The van der Waals surface area contributed by atoms with Crippen molar-refractivity contribution in [2.24, 2.45) is 0 Å². The highest BCUT2D eigenvalue weighted by Crippen LogP contribution is 2.48. The summed E-state index contributed by atoms with van der Waals surface area (Å²) in [6.07, 6.45) is 8.11. The second kappa shape index (κ2) is 14.5. The molecule has 3 aromatic heterocycles. The number of rotatable bonds is 12. The smallest absolute Gasteiger partial charge is 0.309 e. The maximum Gasteiger partial charge on any atom is 0.330 e. The Balaban J connectivity index is 1.33. The quantitative estimate of drug-likeness (QED) is 0.125. The van der Waals surface area contributed by atoms with Crippen molar-refractivity contribution in [3.8, 4) is 56.2 Å². The maximum absolute atomic E-state index is 13.0. The Morgan fingerprint density at radius 3 is 1.35 bits per heavy atom. The molecule has 3 aromatic carbocycles. The summed E-state index contributed by atoms with van der Waals surface area (Å²) in [6, 6.07) is 34.9. The van der Waals surface area contributed by atoms with Gasteiger partial charge in [0.15, 0.2) is 5.82 Å². The second-order valence-corrected chi connectivity index (χ2v) is 12.9. The van der Waals surface area contributed by atoms with Gasteiger partial charge in [0, 0.05) is 41.5 Å². The number of benzene rings is 3. The summed E-state index contributed by atoms with van der Waals surface area (Å²) in [4.78, 5) is 18.3. The molecule has 6 aromatic rings. The summed E-state index contributed by atoms with van der Waals surface area (Å²) in [6.45, 7) is 4.36. The summed E-state index contributed by atoms with van der Waals surface area (Å²) < 4.78 is 23.9. The fourth-order valence-electron chi connectivity index (χ4n) is 5.27. The van der Waals surface area contributed by atoms with Crippen LogP contribution in [0.15, 0.2) is 128 Å². The van der Waals surface area contributed by atoms with E-state index in [1.54, 1.807) is 24.8 Å². The molecule has 0 bridgehead atoms. The summed E-state index contributed by atoms with van der Waals surface area (Å²) in [5, 5.41) is 0. The minimum Gasteiger partial charge on any atom is -0.309 e. The van der Waals surface area contributed by atoms with Crippen molar-refractivity contribution < 1.29 is 13.6 Å². The summed E-state index contributed by atoms with van der Waals surface area (Å²) in [5.41, 5.74) is 10.0. The van der Waals surface area contributed by atoms with Crippen molar-refractivity contribution in [1.82, 2.24) is 19.9 Å². The molecule has 230 valence electrons. The van der Waals surface area contributed by atoms with Crippen LogP contribution in [-0.2, 0) is 20.0 Å². The zero-order valence-corrected chi connectivity index (χ0v) is 26.8. The molecule has 3 heterocycles. The predicted molar refractivity (Wildman–Crippen MR) is 184 cm³/mol. The van der Waals surface area contributed by atoms with Crippen LogP contribution in [0.3, 0.4) is 0 Å². The van der Waals surface area contributed by atoms with E-state index >= 15 is 0 Å². The molecular weight excluding hydrogens is 591 g/mol. The zero-order chi connectivity index (χ0) is 31.8. The van der Waals surface area contributed by atoms with Gasteiger partial charge < -0.3 is 9.05 Å². The molecular formula is C38H35N4O3P. The summed E-state index contributed by atoms with van der Waals surface area (Å²) >= 11 is 0. The predicted octanol–water partition coefficient (Wildman–Crippen LogP) is 9.41. The Hall–Kier alpha value is -4.81. The van der Waals surface area contributed by atoms with Crippen LogP contribution in [-0.4, -0.2) is 39.3 Å². The first kappa shape index (κ1) is 31.2. The highest BCUT2D eigenvalue weighted by Gasteiger charge is 2.23. The van der Waals surface area contributed by atoms with Gasteiger partial charge in [-0.15, -0.1) is 0 Å². The van der Waals surface area contributed by atoms with Crippen molar-refractivity contribution in [2.45, 2.75) is 20.3 Å². The normalized spacial score (nSPS) is 11.4. The van der Waals surface area contributed by atoms with Crippen LogP contribution < -0.4 is 0 Å². The van der Waals surface area contributed by atoms with Crippen LogP contribution in [0.5, 0.6) is 0 Å². The lowest BCUT2D eigenvalue weighted by molar-refractivity contribution is 0.220. The van der Waals surface area contributed by atoms with E-state index in [0.717, 1.165) is 55.9 Å². The zero-order valence-electron chi connectivity index (χ0n) is 25.9. The number of hydrogen-bond donors (Lipinski definition) is 0. The van der Waals surface area contributed by atoms with Crippen molar-refractivity contribution in [3.63, 3.8) is 0 Å². The van der Waals surface area contributed by atoms with Gasteiger partial charge in [0.2, 0.25) is 0 Å². The van der Waals surface area contributed by atoms with E-state index in [4.69, 9.17) is 19.0 Å². The van der Waals surface area contributed by atoms with E-state index in [2.05, 4.69) is 58.5 Å². The van der Waals surface area contributed by atoms with Gasteiger partial charge in [-0.3, -0.25) is 14.5 Å². The number of aromatic nitrogens is 4. The third-order valence-corrected chi connectivity index (χ3v) is 9.73. The van der Waals surface area contributed by atoms with E-state index in [0.29, 0.717) is 31.6 Å². The summed E-state index contributed by atoms with van der Waals surface area (Å²) in [7, 11) is -3.11. The number of pyridine rings is 2. The Labute approximate surface area is 269 Å². The lowest BCUT2D eigenvalue weighted by atomic mass is 10.0. The molecule has 0 atom stereocenters. The first-order chi connectivity index (χ1) is 22.5. The van der Waals surface area contributed by atoms with Gasteiger partial charge in [-0.1, -0.05) is 72.8 Å². The molecule has 0 aliphatic rings. The number of aryl methyl sites for hydroxylation is 1. The topological polar surface area (TPSA) is 87.1 Å². The molecule has 0 saturated heterocycles. The molecule has 0 amide bonds. The van der Waals surface area contributed by atoms with E-state index in [-0.39, 0.29) is 0 Å². The van der Waals surface area contributed by atoms with Crippen LogP contribution in [0.4, 0.5) is 0 Å². The Morgan fingerprint density at radius 2 is 0.913 bits per heavy atom. The minimum atomic E-state index is -3.11. The Kier molecular flexibility index (Phi) is 9.85. The third-order valence-electron chi connectivity index (χ3n) is 7.65. The molecule has 0 unspecified atom stereocenters. The fourth-order valence-corrected chi connectivity index (χ4v) is 6.93. The molecule has 0 saturated carbocycles. The standard InChI is InChI=1S/C38H35N4O3P/c1-3-44-46(43,45-4-2)26-21-28-5-7-35(8-6-28)38-41-36(33-13-9-29(10-14-33)31-17-22-39-23-18-31)27-37(42-38)34-15-11-30(12-16-34)32-19-24-40-25-20-32/h5-20,22-25,27H,3-4,21,26H2,1-2H3. The third kappa shape index (κ3) is 7.52. The highest BCUT2D eigenvalue weighted by atomic mass is 31.2. The van der Waals surface area contributed by atoms with E-state index in [1.165, 1.54) is 0 Å². The molecule has 0 N–H and O–H groups in total. The van der Waals surface area contributed by atoms with Crippen molar-refractivity contribution in [3.05, 3.63) is 133 Å². The average molecular weight is 627 g/mol. The molecule has 0 aliphatic carbocycles. The van der Waals surface area contributed by atoms with Gasteiger partial charge in [-0.05, 0) is 78.4 Å². The molecule has 8 heteroatoms. The lowest BCUT2D eigenvalue weighted by Gasteiger charge is -2.16. The monoisotopic (exact) mass is 626 g/mol. The van der Waals surface area contributed by atoms with Crippen LogP contribution in [0.25, 0.3) is 56.2 Å². The van der Waals surface area contributed by atoms with E-state index in [9.17, 15) is 4.57 Å². The SMILES string of the molecule is CCOP(=O)(CCc1ccc(-c2nc(-c3ccc(-c4ccncc4)cc3)cc(-c3ccc(-c4ccncc4)cc3)n2)cc1)OCC. The minimum absolute atomic E-state index is 0.329. The highest BCUT2D eigenvalue weighted by molar-refractivity contribution is 7.53.